The number of ether oxygens (including phenoxy) is 2. The first-order valence-corrected chi connectivity index (χ1v) is 8.21. The van der Waals surface area contributed by atoms with Gasteiger partial charge in [-0.2, -0.15) is 0 Å². The van der Waals surface area contributed by atoms with Crippen LogP contribution in [0, 0.1) is 0 Å². The fourth-order valence-electron chi connectivity index (χ4n) is 2.16. The second-order valence-corrected chi connectivity index (χ2v) is 5.73. The van der Waals surface area contributed by atoms with Gasteiger partial charge in [0, 0.05) is 18.6 Å². The summed E-state index contributed by atoms with van der Waals surface area (Å²) in [6, 6.07) is 7.31. The number of thioether (sulfide) groups is 1. The average molecular weight is 324 g/mol. The standard InChI is InChI=1S/C15H20N2O4S/c1-20-8-7-16-14(18)13-10-21-15(19)17(13)9-11-3-5-12(22-2)6-4-11/h3-6,13H,7-10H2,1-2H3,(H,16,18)/t13-/m0/s1. The molecule has 1 aliphatic heterocycles. The Morgan fingerprint density at radius 2 is 2.18 bits per heavy atom. The summed E-state index contributed by atoms with van der Waals surface area (Å²) in [5, 5.41) is 2.74. The number of hydrogen-bond donors (Lipinski definition) is 1. The van der Waals surface area contributed by atoms with Crippen molar-refractivity contribution in [3.8, 4) is 0 Å². The Kier molecular flexibility index (Phi) is 6.09. The van der Waals surface area contributed by atoms with Crippen molar-refractivity contribution in [2.24, 2.45) is 0 Å². The van der Waals surface area contributed by atoms with E-state index >= 15 is 0 Å². The van der Waals surface area contributed by atoms with E-state index in [1.54, 1.807) is 18.9 Å². The topological polar surface area (TPSA) is 67.9 Å². The number of nitrogens with one attached hydrogen (secondary N) is 1. The van der Waals surface area contributed by atoms with Gasteiger partial charge >= 0.3 is 6.09 Å². The lowest BCUT2D eigenvalue weighted by Gasteiger charge is -2.20. The first-order chi connectivity index (χ1) is 10.7. The maximum Gasteiger partial charge on any atom is 0.410 e. The molecular formula is C15H20N2O4S. The molecule has 22 heavy (non-hydrogen) atoms. The largest absolute Gasteiger partial charge is 0.447 e. The molecule has 1 heterocycles. The SMILES string of the molecule is COCCNC(=O)[C@@H]1COC(=O)N1Cc1ccc(SC)cc1. The third-order valence-corrected chi connectivity index (χ3v) is 4.14. The summed E-state index contributed by atoms with van der Waals surface area (Å²) in [7, 11) is 1.57. The highest BCUT2D eigenvalue weighted by Crippen LogP contribution is 2.19. The Bertz CT molecular complexity index is 521. The summed E-state index contributed by atoms with van der Waals surface area (Å²) >= 11 is 1.66. The zero-order valence-corrected chi connectivity index (χ0v) is 13.5. The molecule has 1 aromatic carbocycles. The van der Waals surface area contributed by atoms with Gasteiger partial charge in [0.1, 0.15) is 12.6 Å². The molecule has 120 valence electrons. The predicted molar refractivity (Wildman–Crippen MR) is 83.8 cm³/mol. The van der Waals surface area contributed by atoms with Crippen molar-refractivity contribution in [1.82, 2.24) is 10.2 Å². The number of benzene rings is 1. The van der Waals surface area contributed by atoms with Crippen molar-refractivity contribution in [2.45, 2.75) is 17.5 Å². The number of carbonyl (C=O) groups excluding carboxylic acids is 2. The molecule has 2 rings (SSSR count). The summed E-state index contributed by atoms with van der Waals surface area (Å²) in [5.41, 5.74) is 0.964. The maximum absolute atomic E-state index is 12.1. The third-order valence-electron chi connectivity index (χ3n) is 3.40. The number of cyclic esters (lactones) is 1. The van der Waals surface area contributed by atoms with E-state index in [1.165, 1.54) is 4.90 Å². The number of rotatable bonds is 7. The molecule has 1 fully saturated rings. The van der Waals surface area contributed by atoms with Gasteiger partial charge in [-0.1, -0.05) is 12.1 Å². The van der Waals surface area contributed by atoms with E-state index in [0.29, 0.717) is 19.7 Å². The highest BCUT2D eigenvalue weighted by atomic mass is 32.2. The molecule has 0 aromatic heterocycles. The second kappa shape index (κ2) is 8.05. The second-order valence-electron chi connectivity index (χ2n) is 4.85. The molecule has 1 aliphatic rings. The van der Waals surface area contributed by atoms with Crippen LogP contribution in [0.2, 0.25) is 0 Å². The number of hydrogen-bond acceptors (Lipinski definition) is 5. The van der Waals surface area contributed by atoms with Crippen LogP contribution >= 0.6 is 11.8 Å². The molecule has 1 saturated heterocycles. The van der Waals surface area contributed by atoms with Crippen LogP contribution < -0.4 is 5.32 Å². The minimum Gasteiger partial charge on any atom is -0.447 e. The summed E-state index contributed by atoms with van der Waals surface area (Å²) in [5.74, 6) is -0.219. The van der Waals surface area contributed by atoms with Gasteiger partial charge in [0.25, 0.3) is 0 Å². The van der Waals surface area contributed by atoms with Crippen molar-refractivity contribution in [1.29, 1.82) is 0 Å². The summed E-state index contributed by atoms with van der Waals surface area (Å²) in [6.45, 7) is 1.29. The molecule has 1 N–H and O–H groups in total. The molecule has 1 aromatic rings. The normalized spacial score (nSPS) is 17.5. The van der Waals surface area contributed by atoms with E-state index in [-0.39, 0.29) is 12.5 Å². The third kappa shape index (κ3) is 4.14. The van der Waals surface area contributed by atoms with Gasteiger partial charge in [0.2, 0.25) is 5.91 Å². The predicted octanol–water partition coefficient (Wildman–Crippen LogP) is 1.49. The molecule has 0 aliphatic carbocycles. The summed E-state index contributed by atoms with van der Waals surface area (Å²) in [6.07, 6.45) is 1.55. The van der Waals surface area contributed by atoms with E-state index < -0.39 is 12.1 Å². The van der Waals surface area contributed by atoms with Crippen LogP contribution in [-0.4, -0.2) is 56.1 Å². The van der Waals surface area contributed by atoms with Gasteiger partial charge in [-0.05, 0) is 24.0 Å². The molecule has 0 spiro atoms. The van der Waals surface area contributed by atoms with Crippen molar-refractivity contribution in [3.05, 3.63) is 29.8 Å². The Morgan fingerprint density at radius 1 is 1.45 bits per heavy atom. The molecule has 6 nitrogen and oxygen atoms in total. The maximum atomic E-state index is 12.1. The smallest absolute Gasteiger partial charge is 0.410 e. The monoisotopic (exact) mass is 324 g/mol. The highest BCUT2D eigenvalue weighted by Gasteiger charge is 2.37. The minimum atomic E-state index is -0.593. The van der Waals surface area contributed by atoms with Crippen LogP contribution in [0.4, 0.5) is 4.79 Å². The van der Waals surface area contributed by atoms with Crippen LogP contribution in [0.3, 0.4) is 0 Å². The van der Waals surface area contributed by atoms with Gasteiger partial charge in [-0.25, -0.2) is 4.79 Å². The Labute approximate surface area is 134 Å². The van der Waals surface area contributed by atoms with Gasteiger partial charge in [-0.3, -0.25) is 9.69 Å². The number of carbonyl (C=O) groups is 2. The molecule has 0 radical (unpaired) electrons. The van der Waals surface area contributed by atoms with Crippen LogP contribution in [0.1, 0.15) is 5.56 Å². The van der Waals surface area contributed by atoms with Crippen molar-refractivity contribution in [3.63, 3.8) is 0 Å². The number of methoxy groups -OCH3 is 1. The fourth-order valence-corrected chi connectivity index (χ4v) is 2.57. The Balaban J connectivity index is 1.99. The first kappa shape index (κ1) is 16.6. The molecular weight excluding hydrogens is 304 g/mol. The Morgan fingerprint density at radius 3 is 2.82 bits per heavy atom. The fraction of sp³-hybridized carbons (Fsp3) is 0.467. The van der Waals surface area contributed by atoms with E-state index in [1.807, 2.05) is 30.5 Å². The van der Waals surface area contributed by atoms with Crippen molar-refractivity contribution < 1.29 is 19.1 Å². The lowest BCUT2D eigenvalue weighted by atomic mass is 10.2. The van der Waals surface area contributed by atoms with E-state index in [0.717, 1.165) is 10.5 Å². The van der Waals surface area contributed by atoms with E-state index in [2.05, 4.69) is 5.32 Å². The minimum absolute atomic E-state index is 0.0839. The summed E-state index contributed by atoms with van der Waals surface area (Å²) < 4.78 is 9.91. The zero-order valence-electron chi connectivity index (χ0n) is 12.7. The lowest BCUT2D eigenvalue weighted by Crippen LogP contribution is -2.46. The van der Waals surface area contributed by atoms with Gasteiger partial charge in [0.05, 0.1) is 13.2 Å². The van der Waals surface area contributed by atoms with Crippen LogP contribution in [0.15, 0.2) is 29.2 Å². The van der Waals surface area contributed by atoms with Crippen LogP contribution in [-0.2, 0) is 20.8 Å². The molecule has 0 saturated carbocycles. The molecule has 7 heteroatoms. The number of amides is 2. The zero-order chi connectivity index (χ0) is 15.9. The quantitative estimate of drug-likeness (QED) is 0.608. The lowest BCUT2D eigenvalue weighted by molar-refractivity contribution is -0.125. The van der Waals surface area contributed by atoms with E-state index in [9.17, 15) is 9.59 Å². The van der Waals surface area contributed by atoms with Crippen LogP contribution in [0.5, 0.6) is 0 Å². The van der Waals surface area contributed by atoms with Crippen molar-refractivity contribution >= 4 is 23.8 Å². The van der Waals surface area contributed by atoms with Gasteiger partial charge in [-0.15, -0.1) is 11.8 Å². The molecule has 0 bridgehead atoms. The molecule has 1 atom stereocenters. The molecule has 2 amide bonds. The average Bonchev–Trinajstić information content (AvgIpc) is 2.89. The Hall–Kier alpha value is -1.73. The van der Waals surface area contributed by atoms with Gasteiger partial charge in [0.15, 0.2) is 0 Å². The first-order valence-electron chi connectivity index (χ1n) is 6.98. The van der Waals surface area contributed by atoms with Crippen molar-refractivity contribution in [2.75, 3.05) is 33.1 Å². The van der Waals surface area contributed by atoms with E-state index in [4.69, 9.17) is 9.47 Å². The van der Waals surface area contributed by atoms with Gasteiger partial charge < -0.3 is 14.8 Å². The number of nitrogens with zero attached hydrogens (tertiary/aromatic N) is 1. The summed E-state index contributed by atoms with van der Waals surface area (Å²) in [4.78, 5) is 26.6. The highest BCUT2D eigenvalue weighted by molar-refractivity contribution is 7.98. The van der Waals surface area contributed by atoms with Crippen LogP contribution in [0.25, 0.3) is 0 Å². The molecule has 0 unspecified atom stereocenters.